The van der Waals surface area contributed by atoms with Crippen LogP contribution < -0.4 is 5.32 Å². The second-order valence-corrected chi connectivity index (χ2v) is 5.53. The van der Waals surface area contributed by atoms with Gasteiger partial charge in [0.2, 0.25) is 5.91 Å². The monoisotopic (exact) mass is 311 g/mol. The molecule has 19 heavy (non-hydrogen) atoms. The van der Waals surface area contributed by atoms with Gasteiger partial charge in [-0.25, -0.2) is 0 Å². The number of nitrogens with one attached hydrogen (secondary N) is 1. The number of hydrogen-bond acceptors (Lipinski definition) is 3. The smallest absolute Gasteiger partial charge is 0.222 e. The number of carbonyl (C=O) groups is 1. The van der Waals surface area contributed by atoms with Crippen molar-refractivity contribution < 1.29 is 4.79 Å². The molecule has 2 atom stereocenters. The second-order valence-electron chi connectivity index (χ2n) is 5.53. The van der Waals surface area contributed by atoms with E-state index in [4.69, 9.17) is 0 Å². The standard InChI is InChI=1S/C13H25N3O.2ClH/c1-11-10-15(2)8-9-16(11)13(17)6-5-12-4-3-7-14-12;;/h11-12,14H,3-10H2,1-2H3;2*1H. The van der Waals surface area contributed by atoms with E-state index < -0.39 is 0 Å². The van der Waals surface area contributed by atoms with Gasteiger partial charge >= 0.3 is 0 Å². The van der Waals surface area contributed by atoms with Crippen LogP contribution in [0.5, 0.6) is 0 Å². The third-order valence-corrected chi connectivity index (χ3v) is 4.02. The van der Waals surface area contributed by atoms with Crippen molar-refractivity contribution in [3.8, 4) is 0 Å². The van der Waals surface area contributed by atoms with Crippen LogP contribution in [0.4, 0.5) is 0 Å². The number of amides is 1. The fraction of sp³-hybridized carbons (Fsp3) is 0.923. The van der Waals surface area contributed by atoms with Crippen molar-refractivity contribution in [2.45, 2.75) is 44.7 Å². The number of rotatable bonds is 3. The number of halogens is 2. The van der Waals surface area contributed by atoms with Crippen LogP contribution >= 0.6 is 24.8 Å². The number of hydrogen-bond donors (Lipinski definition) is 1. The zero-order valence-electron chi connectivity index (χ0n) is 11.9. The van der Waals surface area contributed by atoms with Gasteiger partial charge in [-0.05, 0) is 39.8 Å². The van der Waals surface area contributed by atoms with E-state index in [1.807, 2.05) is 0 Å². The Kier molecular flexibility index (Phi) is 8.99. The Morgan fingerprint density at radius 3 is 2.63 bits per heavy atom. The molecule has 0 bridgehead atoms. The van der Waals surface area contributed by atoms with Crippen LogP contribution in [0.15, 0.2) is 0 Å². The van der Waals surface area contributed by atoms with Crippen LogP contribution in [-0.2, 0) is 4.79 Å². The topological polar surface area (TPSA) is 35.6 Å². The Labute approximate surface area is 129 Å². The molecule has 2 aliphatic rings. The lowest BCUT2D eigenvalue weighted by molar-refractivity contribution is -0.135. The molecule has 2 rings (SSSR count). The lowest BCUT2D eigenvalue weighted by Crippen LogP contribution is -2.52. The van der Waals surface area contributed by atoms with Crippen molar-refractivity contribution in [3.63, 3.8) is 0 Å². The highest BCUT2D eigenvalue weighted by molar-refractivity contribution is 5.85. The van der Waals surface area contributed by atoms with Gasteiger partial charge in [0, 0.05) is 38.1 Å². The average molecular weight is 312 g/mol. The lowest BCUT2D eigenvalue weighted by Gasteiger charge is -2.38. The third kappa shape index (κ3) is 5.46. The summed E-state index contributed by atoms with van der Waals surface area (Å²) in [7, 11) is 2.13. The first-order valence-corrected chi connectivity index (χ1v) is 6.88. The largest absolute Gasteiger partial charge is 0.337 e. The highest BCUT2D eigenvalue weighted by atomic mass is 35.5. The first-order chi connectivity index (χ1) is 8.16. The van der Waals surface area contributed by atoms with E-state index in [0.717, 1.165) is 32.6 Å². The summed E-state index contributed by atoms with van der Waals surface area (Å²) in [5.74, 6) is 0.347. The molecule has 0 radical (unpaired) electrons. The molecule has 2 fully saturated rings. The van der Waals surface area contributed by atoms with Gasteiger partial charge in [-0.3, -0.25) is 4.79 Å². The zero-order valence-corrected chi connectivity index (χ0v) is 13.6. The number of piperazine rings is 1. The van der Waals surface area contributed by atoms with E-state index >= 15 is 0 Å². The number of carbonyl (C=O) groups excluding carboxylic acids is 1. The molecular weight excluding hydrogens is 285 g/mol. The number of nitrogens with zero attached hydrogens (tertiary/aromatic N) is 2. The molecule has 0 aromatic rings. The van der Waals surface area contributed by atoms with Crippen molar-refractivity contribution in [1.82, 2.24) is 15.1 Å². The maximum absolute atomic E-state index is 12.2. The Balaban J connectivity index is 0.00000162. The van der Waals surface area contributed by atoms with Gasteiger partial charge in [0.05, 0.1) is 0 Å². The molecule has 0 saturated carbocycles. The van der Waals surface area contributed by atoms with Gasteiger partial charge in [0.15, 0.2) is 0 Å². The molecular formula is C13H27Cl2N3O. The fourth-order valence-electron chi connectivity index (χ4n) is 2.95. The lowest BCUT2D eigenvalue weighted by atomic mass is 10.1. The second kappa shape index (κ2) is 9.01. The molecule has 0 spiro atoms. The van der Waals surface area contributed by atoms with Crippen LogP contribution in [0.25, 0.3) is 0 Å². The van der Waals surface area contributed by atoms with E-state index in [2.05, 4.69) is 29.1 Å². The Morgan fingerprint density at radius 2 is 2.05 bits per heavy atom. The number of likely N-dealkylation sites (N-methyl/N-ethyl adjacent to an activating group) is 1. The van der Waals surface area contributed by atoms with Crippen LogP contribution in [0.2, 0.25) is 0 Å². The van der Waals surface area contributed by atoms with E-state index in [1.54, 1.807) is 0 Å². The highest BCUT2D eigenvalue weighted by Gasteiger charge is 2.26. The van der Waals surface area contributed by atoms with Gasteiger partial charge in [0.25, 0.3) is 0 Å². The van der Waals surface area contributed by atoms with Gasteiger partial charge in [-0.15, -0.1) is 24.8 Å². The maximum atomic E-state index is 12.2. The van der Waals surface area contributed by atoms with Crippen LogP contribution in [0, 0.1) is 0 Å². The molecule has 4 nitrogen and oxygen atoms in total. The summed E-state index contributed by atoms with van der Waals surface area (Å²) < 4.78 is 0. The summed E-state index contributed by atoms with van der Waals surface area (Å²) in [5, 5.41) is 3.45. The summed E-state index contributed by atoms with van der Waals surface area (Å²) in [5.41, 5.74) is 0. The predicted molar refractivity (Wildman–Crippen MR) is 83.4 cm³/mol. The van der Waals surface area contributed by atoms with Gasteiger partial charge < -0.3 is 15.1 Å². The maximum Gasteiger partial charge on any atom is 0.222 e. The first-order valence-electron chi connectivity index (χ1n) is 6.88. The summed E-state index contributed by atoms with van der Waals surface area (Å²) in [6.45, 7) is 6.20. The van der Waals surface area contributed by atoms with Crippen molar-refractivity contribution in [3.05, 3.63) is 0 Å². The minimum absolute atomic E-state index is 0. The van der Waals surface area contributed by atoms with Gasteiger partial charge in [0.1, 0.15) is 0 Å². The van der Waals surface area contributed by atoms with E-state index in [1.165, 1.54) is 12.8 Å². The van der Waals surface area contributed by atoms with E-state index in [-0.39, 0.29) is 24.8 Å². The molecule has 2 heterocycles. The van der Waals surface area contributed by atoms with Gasteiger partial charge in [-0.1, -0.05) is 0 Å². The zero-order chi connectivity index (χ0) is 12.3. The molecule has 0 aliphatic carbocycles. The summed E-state index contributed by atoms with van der Waals surface area (Å²) in [6, 6.07) is 0.958. The van der Waals surface area contributed by atoms with Crippen LogP contribution in [0.3, 0.4) is 0 Å². The molecule has 0 aromatic carbocycles. The van der Waals surface area contributed by atoms with E-state index in [0.29, 0.717) is 24.4 Å². The quantitative estimate of drug-likeness (QED) is 0.858. The molecule has 0 aromatic heterocycles. The fourth-order valence-corrected chi connectivity index (χ4v) is 2.95. The minimum Gasteiger partial charge on any atom is -0.337 e. The minimum atomic E-state index is 0. The molecule has 6 heteroatoms. The molecule has 1 amide bonds. The average Bonchev–Trinajstić information content (AvgIpc) is 2.78. The van der Waals surface area contributed by atoms with Crippen molar-refractivity contribution in [2.24, 2.45) is 0 Å². The molecule has 2 aliphatic heterocycles. The van der Waals surface area contributed by atoms with Crippen molar-refractivity contribution in [2.75, 3.05) is 33.2 Å². The molecule has 2 unspecified atom stereocenters. The molecule has 114 valence electrons. The van der Waals surface area contributed by atoms with Crippen molar-refractivity contribution in [1.29, 1.82) is 0 Å². The Bertz CT molecular complexity index is 273. The van der Waals surface area contributed by atoms with E-state index in [9.17, 15) is 4.79 Å². The predicted octanol–water partition coefficient (Wildman–Crippen LogP) is 1.52. The summed E-state index contributed by atoms with van der Waals surface area (Å²) >= 11 is 0. The molecule has 1 N–H and O–H groups in total. The normalized spacial score (nSPS) is 27.6. The van der Waals surface area contributed by atoms with Crippen LogP contribution in [-0.4, -0.2) is 61.0 Å². The first kappa shape index (κ1) is 19.0. The summed E-state index contributed by atoms with van der Waals surface area (Å²) in [6.07, 6.45) is 4.24. The van der Waals surface area contributed by atoms with Crippen molar-refractivity contribution >= 4 is 30.7 Å². The highest BCUT2D eigenvalue weighted by Crippen LogP contribution is 2.14. The Hall–Kier alpha value is -0.0300. The molecule has 2 saturated heterocycles. The Morgan fingerprint density at radius 1 is 1.32 bits per heavy atom. The summed E-state index contributed by atoms with van der Waals surface area (Å²) in [4.78, 5) is 16.5. The van der Waals surface area contributed by atoms with Gasteiger partial charge in [-0.2, -0.15) is 0 Å². The third-order valence-electron chi connectivity index (χ3n) is 4.02. The van der Waals surface area contributed by atoms with Crippen LogP contribution in [0.1, 0.15) is 32.6 Å². The SMILES string of the molecule is CC1CN(C)CCN1C(=O)CCC1CCCN1.Cl.Cl.